The highest BCUT2D eigenvalue weighted by atomic mass is 16.5. The summed E-state index contributed by atoms with van der Waals surface area (Å²) in [6.45, 7) is 2.21. The van der Waals surface area contributed by atoms with E-state index < -0.39 is 0 Å². The molecule has 0 saturated carbocycles. The molecule has 1 aliphatic rings. The molecule has 0 aliphatic carbocycles. The SMILES string of the molecule is CN=C(NCCc1ccc(OC)c(OC)c1)NCc1ccc(N2CCCC2=O)cc1. The maximum atomic E-state index is 11.9. The average Bonchev–Trinajstić information content (AvgIpc) is 3.22. The Morgan fingerprint density at radius 2 is 1.77 bits per heavy atom. The molecule has 3 rings (SSSR count). The van der Waals surface area contributed by atoms with E-state index in [2.05, 4.69) is 15.6 Å². The van der Waals surface area contributed by atoms with Crippen LogP contribution in [0.2, 0.25) is 0 Å². The van der Waals surface area contributed by atoms with Crippen LogP contribution < -0.4 is 25.0 Å². The maximum Gasteiger partial charge on any atom is 0.227 e. The van der Waals surface area contributed by atoms with Gasteiger partial charge >= 0.3 is 0 Å². The van der Waals surface area contributed by atoms with E-state index >= 15 is 0 Å². The van der Waals surface area contributed by atoms with Gasteiger partial charge in [0.1, 0.15) is 0 Å². The lowest BCUT2D eigenvalue weighted by Crippen LogP contribution is -2.37. The summed E-state index contributed by atoms with van der Waals surface area (Å²) in [6.07, 6.45) is 2.42. The molecule has 1 aliphatic heterocycles. The molecule has 2 N–H and O–H groups in total. The molecule has 0 radical (unpaired) electrons. The Kier molecular flexibility index (Phi) is 7.54. The summed E-state index contributed by atoms with van der Waals surface area (Å²) in [4.78, 5) is 18.0. The molecule has 0 spiro atoms. The summed E-state index contributed by atoms with van der Waals surface area (Å²) in [5.74, 6) is 2.41. The fourth-order valence-corrected chi connectivity index (χ4v) is 3.48. The number of amides is 1. The van der Waals surface area contributed by atoms with Gasteiger partial charge in [-0.3, -0.25) is 9.79 Å². The van der Waals surface area contributed by atoms with Crippen molar-refractivity contribution in [3.63, 3.8) is 0 Å². The van der Waals surface area contributed by atoms with Crippen molar-refractivity contribution < 1.29 is 14.3 Å². The van der Waals surface area contributed by atoms with E-state index in [9.17, 15) is 4.79 Å². The van der Waals surface area contributed by atoms with Crippen LogP contribution in [0.5, 0.6) is 11.5 Å². The van der Waals surface area contributed by atoms with E-state index in [1.165, 1.54) is 0 Å². The van der Waals surface area contributed by atoms with Crippen LogP contribution in [0.4, 0.5) is 5.69 Å². The van der Waals surface area contributed by atoms with Crippen LogP contribution >= 0.6 is 0 Å². The van der Waals surface area contributed by atoms with Crippen LogP contribution in [0.25, 0.3) is 0 Å². The van der Waals surface area contributed by atoms with Crippen molar-refractivity contribution in [2.45, 2.75) is 25.8 Å². The van der Waals surface area contributed by atoms with E-state index in [1.807, 2.05) is 47.4 Å². The topological polar surface area (TPSA) is 75.2 Å². The minimum absolute atomic E-state index is 0.208. The molecule has 0 bridgehead atoms. The molecule has 0 atom stereocenters. The van der Waals surface area contributed by atoms with Gasteiger partial charge in [-0.05, 0) is 48.2 Å². The molecule has 160 valence electrons. The first-order valence-corrected chi connectivity index (χ1v) is 10.2. The predicted molar refractivity (Wildman–Crippen MR) is 119 cm³/mol. The van der Waals surface area contributed by atoms with Gasteiger partial charge in [-0.1, -0.05) is 18.2 Å². The van der Waals surface area contributed by atoms with Crippen molar-refractivity contribution in [2.24, 2.45) is 4.99 Å². The highest BCUT2D eigenvalue weighted by molar-refractivity contribution is 5.95. The molecule has 2 aromatic carbocycles. The molecule has 30 heavy (non-hydrogen) atoms. The van der Waals surface area contributed by atoms with Gasteiger partial charge in [0.15, 0.2) is 17.5 Å². The standard InChI is InChI=1S/C23H30N4O3/c1-24-23(25-13-12-17-8-11-20(29-2)21(15-17)30-3)26-16-18-6-9-19(10-7-18)27-14-4-5-22(27)28/h6-11,15H,4-5,12-14,16H2,1-3H3,(H2,24,25,26). The van der Waals surface area contributed by atoms with Crippen molar-refractivity contribution in [1.29, 1.82) is 0 Å². The largest absolute Gasteiger partial charge is 0.493 e. The lowest BCUT2D eigenvalue weighted by atomic mass is 10.1. The first kappa shape index (κ1) is 21.5. The fourth-order valence-electron chi connectivity index (χ4n) is 3.48. The number of aliphatic imine (C=N–C) groups is 1. The second kappa shape index (κ2) is 10.5. The zero-order valence-electron chi connectivity index (χ0n) is 17.9. The van der Waals surface area contributed by atoms with Gasteiger partial charge < -0.3 is 25.0 Å². The Hall–Kier alpha value is -3.22. The van der Waals surface area contributed by atoms with Crippen LogP contribution in [0.3, 0.4) is 0 Å². The Labute approximate surface area is 178 Å². The van der Waals surface area contributed by atoms with E-state index in [0.717, 1.165) is 60.2 Å². The van der Waals surface area contributed by atoms with E-state index in [1.54, 1.807) is 21.3 Å². The number of methoxy groups -OCH3 is 2. The van der Waals surface area contributed by atoms with E-state index in [4.69, 9.17) is 9.47 Å². The smallest absolute Gasteiger partial charge is 0.227 e. The molecule has 2 aromatic rings. The number of guanidine groups is 1. The molecule has 0 unspecified atom stereocenters. The molecule has 1 amide bonds. The lowest BCUT2D eigenvalue weighted by Gasteiger charge is -2.16. The molecule has 7 heteroatoms. The van der Waals surface area contributed by atoms with Gasteiger partial charge in [0, 0.05) is 38.8 Å². The second-order valence-electron chi connectivity index (χ2n) is 7.11. The number of rotatable bonds is 8. The third-order valence-electron chi connectivity index (χ3n) is 5.16. The number of carbonyl (C=O) groups excluding carboxylic acids is 1. The number of ether oxygens (including phenoxy) is 2. The van der Waals surface area contributed by atoms with Gasteiger partial charge in [0.25, 0.3) is 0 Å². The number of hydrogen-bond donors (Lipinski definition) is 2. The second-order valence-corrected chi connectivity index (χ2v) is 7.11. The zero-order chi connectivity index (χ0) is 21.3. The number of nitrogens with one attached hydrogen (secondary N) is 2. The maximum absolute atomic E-state index is 11.9. The van der Waals surface area contributed by atoms with Gasteiger partial charge in [0.05, 0.1) is 14.2 Å². The number of hydrogen-bond acceptors (Lipinski definition) is 4. The fraction of sp³-hybridized carbons (Fsp3) is 0.391. The van der Waals surface area contributed by atoms with Crippen LogP contribution in [0.1, 0.15) is 24.0 Å². The molecular formula is C23H30N4O3. The van der Waals surface area contributed by atoms with Crippen molar-refractivity contribution in [1.82, 2.24) is 10.6 Å². The molecule has 1 fully saturated rings. The monoisotopic (exact) mass is 410 g/mol. The third kappa shape index (κ3) is 5.43. The molecule has 1 saturated heterocycles. The Morgan fingerprint density at radius 3 is 2.40 bits per heavy atom. The quantitative estimate of drug-likeness (QED) is 0.517. The first-order valence-electron chi connectivity index (χ1n) is 10.2. The summed E-state index contributed by atoms with van der Waals surface area (Å²) < 4.78 is 10.6. The number of carbonyl (C=O) groups is 1. The number of anilines is 1. The normalized spacial score (nSPS) is 14.0. The number of nitrogens with zero attached hydrogens (tertiary/aromatic N) is 2. The summed E-state index contributed by atoms with van der Waals surface area (Å²) >= 11 is 0. The Morgan fingerprint density at radius 1 is 1.03 bits per heavy atom. The molecule has 1 heterocycles. The molecule has 7 nitrogen and oxygen atoms in total. The summed E-state index contributed by atoms with van der Waals surface area (Å²) in [5.41, 5.74) is 3.26. The van der Waals surface area contributed by atoms with Crippen LogP contribution in [-0.2, 0) is 17.8 Å². The van der Waals surface area contributed by atoms with Gasteiger partial charge in [0.2, 0.25) is 5.91 Å². The summed E-state index contributed by atoms with van der Waals surface area (Å²) in [6, 6.07) is 14.0. The highest BCUT2D eigenvalue weighted by Gasteiger charge is 2.21. The van der Waals surface area contributed by atoms with Crippen LogP contribution in [0, 0.1) is 0 Å². The Bertz CT molecular complexity index is 881. The first-order chi connectivity index (χ1) is 14.6. The summed E-state index contributed by atoms with van der Waals surface area (Å²) in [5, 5.41) is 6.65. The third-order valence-corrected chi connectivity index (χ3v) is 5.16. The molecule has 0 aromatic heterocycles. The lowest BCUT2D eigenvalue weighted by molar-refractivity contribution is -0.117. The van der Waals surface area contributed by atoms with Gasteiger partial charge in [-0.2, -0.15) is 0 Å². The van der Waals surface area contributed by atoms with Gasteiger partial charge in [-0.25, -0.2) is 0 Å². The van der Waals surface area contributed by atoms with E-state index in [0.29, 0.717) is 13.0 Å². The highest BCUT2D eigenvalue weighted by Crippen LogP contribution is 2.27. The average molecular weight is 411 g/mol. The van der Waals surface area contributed by atoms with Crippen molar-refractivity contribution in [3.05, 3.63) is 53.6 Å². The van der Waals surface area contributed by atoms with Gasteiger partial charge in [-0.15, -0.1) is 0 Å². The zero-order valence-corrected chi connectivity index (χ0v) is 17.9. The minimum Gasteiger partial charge on any atom is -0.493 e. The predicted octanol–water partition coefficient (Wildman–Crippen LogP) is 2.74. The van der Waals surface area contributed by atoms with Crippen molar-refractivity contribution >= 4 is 17.6 Å². The molecular weight excluding hydrogens is 380 g/mol. The minimum atomic E-state index is 0.208. The van der Waals surface area contributed by atoms with Crippen molar-refractivity contribution in [2.75, 3.05) is 39.3 Å². The Balaban J connectivity index is 1.46. The van der Waals surface area contributed by atoms with Crippen molar-refractivity contribution in [3.8, 4) is 11.5 Å². The van der Waals surface area contributed by atoms with Crippen LogP contribution in [0.15, 0.2) is 47.5 Å². The number of benzene rings is 2. The van der Waals surface area contributed by atoms with Crippen LogP contribution in [-0.4, -0.2) is 46.2 Å². The van der Waals surface area contributed by atoms with E-state index in [-0.39, 0.29) is 5.91 Å². The summed E-state index contributed by atoms with van der Waals surface area (Å²) in [7, 11) is 5.03.